The summed E-state index contributed by atoms with van der Waals surface area (Å²) in [5.74, 6) is -1.38. The molecule has 0 rings (SSSR count). The molecule has 0 heterocycles. The van der Waals surface area contributed by atoms with E-state index in [4.69, 9.17) is 5.11 Å². The number of hydrogen-bond donors (Lipinski definition) is 2. The summed E-state index contributed by atoms with van der Waals surface area (Å²) in [6, 6.07) is -1.17. The summed E-state index contributed by atoms with van der Waals surface area (Å²) in [7, 11) is 1.11. The number of methoxy groups -OCH3 is 1. The molecule has 0 aliphatic heterocycles. The van der Waals surface area contributed by atoms with Gasteiger partial charge in [0.05, 0.1) is 7.11 Å². The molecular formula is C5H8N2O5S. The van der Waals surface area contributed by atoms with Crippen LogP contribution in [-0.4, -0.2) is 36.1 Å². The van der Waals surface area contributed by atoms with Crippen molar-refractivity contribution in [1.82, 2.24) is 5.32 Å². The number of carboxylic acid groups (broad SMARTS) is 1. The first-order chi connectivity index (χ1) is 6.11. The molecule has 0 aromatic rings. The van der Waals surface area contributed by atoms with E-state index in [1.165, 1.54) is 0 Å². The van der Waals surface area contributed by atoms with Crippen molar-refractivity contribution in [3.05, 3.63) is 4.91 Å². The van der Waals surface area contributed by atoms with Crippen molar-refractivity contribution in [2.45, 2.75) is 6.04 Å². The summed E-state index contributed by atoms with van der Waals surface area (Å²) in [6.07, 6.45) is -0.862. The molecule has 0 unspecified atom stereocenters. The summed E-state index contributed by atoms with van der Waals surface area (Å²) in [6.45, 7) is 0. The zero-order valence-corrected chi connectivity index (χ0v) is 7.54. The largest absolute Gasteiger partial charge is 0.480 e. The molecule has 0 radical (unpaired) electrons. The second-order valence-corrected chi connectivity index (χ2v) is 2.64. The quantitative estimate of drug-likeness (QED) is 0.494. The Bertz CT molecular complexity index is 209. The summed E-state index contributed by atoms with van der Waals surface area (Å²) >= 11 is 0.515. The first-order valence-electron chi connectivity index (χ1n) is 3.13. The van der Waals surface area contributed by atoms with Crippen LogP contribution in [0.25, 0.3) is 0 Å². The number of carbonyl (C=O) groups is 2. The van der Waals surface area contributed by atoms with E-state index < -0.39 is 18.1 Å². The Morgan fingerprint density at radius 3 is 2.69 bits per heavy atom. The second-order valence-electron chi connectivity index (χ2n) is 1.90. The third kappa shape index (κ3) is 5.01. The highest BCUT2D eigenvalue weighted by molar-refractivity contribution is 7.97. The van der Waals surface area contributed by atoms with Crippen molar-refractivity contribution < 1.29 is 19.4 Å². The van der Waals surface area contributed by atoms with Crippen LogP contribution in [0, 0.1) is 4.91 Å². The molecule has 8 heteroatoms. The fourth-order valence-electron chi connectivity index (χ4n) is 0.481. The van der Waals surface area contributed by atoms with Gasteiger partial charge in [0.2, 0.25) is 0 Å². The van der Waals surface area contributed by atoms with E-state index in [2.05, 4.69) is 9.32 Å². The van der Waals surface area contributed by atoms with Gasteiger partial charge in [0.1, 0.15) is 6.04 Å². The number of ether oxygens (including phenoxy) is 1. The Morgan fingerprint density at radius 1 is 1.69 bits per heavy atom. The monoisotopic (exact) mass is 208 g/mol. The number of nitrogens with zero attached hydrogens (tertiary/aromatic N) is 1. The third-order valence-corrected chi connectivity index (χ3v) is 1.66. The van der Waals surface area contributed by atoms with Gasteiger partial charge in [-0.15, -0.1) is 4.91 Å². The molecule has 1 atom stereocenters. The fourth-order valence-corrected chi connectivity index (χ4v) is 0.917. The number of aliphatic carboxylic acids is 1. The van der Waals surface area contributed by atoms with E-state index in [1.54, 1.807) is 0 Å². The van der Waals surface area contributed by atoms with Gasteiger partial charge >= 0.3 is 12.1 Å². The molecule has 0 saturated carbocycles. The summed E-state index contributed by atoms with van der Waals surface area (Å²) < 4.78 is 6.58. The van der Waals surface area contributed by atoms with E-state index in [0.29, 0.717) is 11.9 Å². The van der Waals surface area contributed by atoms with Crippen molar-refractivity contribution in [3.8, 4) is 0 Å². The first kappa shape index (κ1) is 11.7. The van der Waals surface area contributed by atoms with Crippen LogP contribution >= 0.6 is 11.9 Å². The highest BCUT2D eigenvalue weighted by Gasteiger charge is 2.20. The van der Waals surface area contributed by atoms with Crippen molar-refractivity contribution in [2.75, 3.05) is 12.9 Å². The predicted octanol–water partition coefficient (Wildman–Crippen LogP) is 0.210. The van der Waals surface area contributed by atoms with Gasteiger partial charge in [-0.2, -0.15) is 0 Å². The Morgan fingerprint density at radius 2 is 2.31 bits per heavy atom. The topological polar surface area (TPSA) is 105 Å². The van der Waals surface area contributed by atoms with Gasteiger partial charge in [0, 0.05) is 22.3 Å². The maximum atomic E-state index is 10.6. The van der Waals surface area contributed by atoms with E-state index >= 15 is 0 Å². The molecule has 2 N–H and O–H groups in total. The summed E-state index contributed by atoms with van der Waals surface area (Å²) in [5, 5.41) is 10.5. The fraction of sp³-hybridized carbons (Fsp3) is 0.600. The molecule has 1 amide bonds. The lowest BCUT2D eigenvalue weighted by molar-refractivity contribution is -0.138. The van der Waals surface area contributed by atoms with Crippen LogP contribution in [0.1, 0.15) is 0 Å². The molecule has 0 aromatic heterocycles. The van der Waals surface area contributed by atoms with Gasteiger partial charge in [0.15, 0.2) is 0 Å². The van der Waals surface area contributed by atoms with E-state index in [1.807, 2.05) is 5.32 Å². The number of nitrogens with one attached hydrogen (secondary N) is 1. The minimum atomic E-state index is -1.25. The molecule has 13 heavy (non-hydrogen) atoms. The molecule has 7 nitrogen and oxygen atoms in total. The molecule has 0 saturated heterocycles. The van der Waals surface area contributed by atoms with Crippen LogP contribution in [0.2, 0.25) is 0 Å². The maximum absolute atomic E-state index is 10.6. The molecular weight excluding hydrogens is 200 g/mol. The van der Waals surface area contributed by atoms with Gasteiger partial charge in [-0.3, -0.25) is 0 Å². The second kappa shape index (κ2) is 6.23. The molecule has 0 spiro atoms. The van der Waals surface area contributed by atoms with E-state index in [-0.39, 0.29) is 5.75 Å². The summed E-state index contributed by atoms with van der Waals surface area (Å²) in [4.78, 5) is 30.7. The number of hydrogen-bond acceptors (Lipinski definition) is 6. The lowest BCUT2D eigenvalue weighted by Crippen LogP contribution is -2.42. The normalized spacial score (nSPS) is 11.5. The van der Waals surface area contributed by atoms with Gasteiger partial charge in [-0.25, -0.2) is 9.59 Å². The van der Waals surface area contributed by atoms with Gasteiger partial charge in [-0.05, 0) is 0 Å². The van der Waals surface area contributed by atoms with E-state index in [9.17, 15) is 14.5 Å². The third-order valence-electron chi connectivity index (χ3n) is 1.07. The molecule has 0 fully saturated rings. The minimum Gasteiger partial charge on any atom is -0.480 e. The SMILES string of the molecule is COC(=O)N[C@@H](CSN=O)C(=O)O. The van der Waals surface area contributed by atoms with Gasteiger partial charge in [-0.1, -0.05) is 0 Å². The Kier molecular flexibility index (Phi) is 5.60. The van der Waals surface area contributed by atoms with Crippen LogP contribution in [0.15, 0.2) is 4.58 Å². The molecule has 0 aliphatic carbocycles. The smallest absolute Gasteiger partial charge is 0.407 e. The number of amides is 1. The van der Waals surface area contributed by atoms with Crippen LogP contribution in [0.3, 0.4) is 0 Å². The number of carbonyl (C=O) groups excluding carboxylic acids is 1. The number of nitroso groups, excluding NO2 is 1. The lowest BCUT2D eigenvalue weighted by atomic mass is 10.3. The van der Waals surface area contributed by atoms with Crippen LogP contribution in [0.5, 0.6) is 0 Å². The average Bonchev–Trinajstić information content (AvgIpc) is 2.11. The number of carboxylic acids is 1. The minimum absolute atomic E-state index is 0.131. The van der Waals surface area contributed by atoms with Crippen LogP contribution in [0.4, 0.5) is 4.79 Å². The highest BCUT2D eigenvalue weighted by atomic mass is 32.2. The number of alkyl carbamates (subject to hydrolysis) is 1. The standard InChI is InChI=1S/C5H8N2O5S/c1-12-5(10)6-3(4(8)9)2-13-7-11/h3H,2H2,1H3,(H,6,10)(H,8,9)/t3-/m0/s1. The zero-order chi connectivity index (χ0) is 10.3. The molecule has 74 valence electrons. The van der Waals surface area contributed by atoms with Crippen molar-refractivity contribution >= 4 is 24.0 Å². The first-order valence-corrected chi connectivity index (χ1v) is 4.08. The zero-order valence-electron chi connectivity index (χ0n) is 6.72. The van der Waals surface area contributed by atoms with E-state index in [0.717, 1.165) is 7.11 Å². The Hall–Kier alpha value is -1.31. The summed E-state index contributed by atoms with van der Waals surface area (Å²) in [5.41, 5.74) is 0. The predicted molar refractivity (Wildman–Crippen MR) is 45.2 cm³/mol. The van der Waals surface area contributed by atoms with Crippen molar-refractivity contribution in [1.29, 1.82) is 0 Å². The van der Waals surface area contributed by atoms with Gasteiger partial charge in [0.25, 0.3) is 0 Å². The van der Waals surface area contributed by atoms with Crippen LogP contribution in [-0.2, 0) is 9.53 Å². The number of rotatable bonds is 5. The maximum Gasteiger partial charge on any atom is 0.407 e. The van der Waals surface area contributed by atoms with Gasteiger partial charge < -0.3 is 15.2 Å². The van der Waals surface area contributed by atoms with Crippen molar-refractivity contribution in [2.24, 2.45) is 4.58 Å². The Labute approximate surface area is 77.9 Å². The van der Waals surface area contributed by atoms with Crippen molar-refractivity contribution in [3.63, 3.8) is 0 Å². The highest BCUT2D eigenvalue weighted by Crippen LogP contribution is 2.03. The Balaban J connectivity index is 4.01. The lowest BCUT2D eigenvalue weighted by Gasteiger charge is -2.10. The van der Waals surface area contributed by atoms with Crippen LogP contribution < -0.4 is 5.32 Å². The molecule has 0 aromatic carbocycles. The molecule has 0 bridgehead atoms. The molecule has 0 aliphatic rings. The average molecular weight is 208 g/mol.